The summed E-state index contributed by atoms with van der Waals surface area (Å²) < 4.78 is 38.5. The van der Waals surface area contributed by atoms with Crippen molar-refractivity contribution in [1.29, 1.82) is 0 Å². The number of thiazole rings is 1. The van der Waals surface area contributed by atoms with Gasteiger partial charge in [-0.05, 0) is 31.2 Å². The number of nitrogens with one attached hydrogen (secondary N) is 1. The van der Waals surface area contributed by atoms with E-state index in [1.54, 1.807) is 5.38 Å². The van der Waals surface area contributed by atoms with E-state index in [9.17, 15) is 18.0 Å². The molecule has 2 aromatic rings. The zero-order valence-corrected chi connectivity index (χ0v) is 12.5. The Morgan fingerprint density at radius 3 is 2.77 bits per heavy atom. The van der Waals surface area contributed by atoms with Crippen LogP contribution in [0.3, 0.4) is 0 Å². The number of carbonyl (C=O) groups is 1. The Kier molecular flexibility index (Phi) is 4.82. The van der Waals surface area contributed by atoms with Gasteiger partial charge in [0.15, 0.2) is 0 Å². The lowest BCUT2D eigenvalue weighted by atomic mass is 10.1. The molecular weight excluding hydrogens is 315 g/mol. The van der Waals surface area contributed by atoms with Gasteiger partial charge >= 0.3 is 6.18 Å². The van der Waals surface area contributed by atoms with Crippen LogP contribution in [-0.2, 0) is 12.6 Å². The molecule has 8 heteroatoms. The van der Waals surface area contributed by atoms with Crippen LogP contribution in [0.15, 0.2) is 23.6 Å². The van der Waals surface area contributed by atoms with Crippen molar-refractivity contribution < 1.29 is 18.0 Å². The van der Waals surface area contributed by atoms with E-state index in [1.165, 1.54) is 30.4 Å². The number of aromatic nitrogens is 1. The lowest BCUT2D eigenvalue weighted by Crippen LogP contribution is -2.14. The Morgan fingerprint density at radius 1 is 1.41 bits per heavy atom. The molecule has 1 aromatic carbocycles. The van der Waals surface area contributed by atoms with Gasteiger partial charge in [0.1, 0.15) is 5.69 Å². The highest BCUT2D eigenvalue weighted by Gasteiger charge is 2.32. The maximum atomic E-state index is 12.8. The summed E-state index contributed by atoms with van der Waals surface area (Å²) >= 11 is 1.29. The van der Waals surface area contributed by atoms with E-state index >= 15 is 0 Å². The highest BCUT2D eigenvalue weighted by atomic mass is 32.1. The van der Waals surface area contributed by atoms with Crippen LogP contribution in [0.4, 0.5) is 18.9 Å². The second kappa shape index (κ2) is 6.45. The van der Waals surface area contributed by atoms with Gasteiger partial charge in [0.05, 0.1) is 10.6 Å². The van der Waals surface area contributed by atoms with Crippen LogP contribution in [0.25, 0.3) is 0 Å². The first-order valence-corrected chi connectivity index (χ1v) is 7.33. The van der Waals surface area contributed by atoms with Crippen molar-refractivity contribution in [3.8, 4) is 0 Å². The van der Waals surface area contributed by atoms with Gasteiger partial charge in [0.25, 0.3) is 5.91 Å². The molecule has 0 radical (unpaired) electrons. The van der Waals surface area contributed by atoms with E-state index in [-0.39, 0.29) is 16.9 Å². The quantitative estimate of drug-likeness (QED) is 0.905. The number of hydrogen-bond acceptors (Lipinski definition) is 4. The normalized spacial score (nSPS) is 11.5. The molecule has 0 atom stereocenters. The summed E-state index contributed by atoms with van der Waals surface area (Å²) in [6, 6.07) is 3.66. The molecule has 4 nitrogen and oxygen atoms in total. The van der Waals surface area contributed by atoms with E-state index in [4.69, 9.17) is 5.73 Å². The van der Waals surface area contributed by atoms with Gasteiger partial charge in [-0.2, -0.15) is 13.2 Å². The first-order chi connectivity index (χ1) is 10.3. The molecule has 0 fully saturated rings. The summed E-state index contributed by atoms with van der Waals surface area (Å²) in [4.78, 5) is 16.1. The summed E-state index contributed by atoms with van der Waals surface area (Å²) in [7, 11) is 0. The largest absolute Gasteiger partial charge is 0.416 e. The van der Waals surface area contributed by atoms with Crippen molar-refractivity contribution in [3.63, 3.8) is 0 Å². The monoisotopic (exact) mass is 329 g/mol. The van der Waals surface area contributed by atoms with Crippen molar-refractivity contribution in [2.24, 2.45) is 5.73 Å². The van der Waals surface area contributed by atoms with Gasteiger partial charge in [-0.1, -0.05) is 6.07 Å². The number of halogens is 3. The van der Waals surface area contributed by atoms with Crippen molar-refractivity contribution in [2.45, 2.75) is 19.5 Å². The van der Waals surface area contributed by atoms with Crippen molar-refractivity contribution in [2.75, 3.05) is 11.9 Å². The number of amides is 1. The summed E-state index contributed by atoms with van der Waals surface area (Å²) in [5.41, 5.74) is 4.98. The molecule has 2 rings (SSSR count). The summed E-state index contributed by atoms with van der Waals surface area (Å²) in [5.74, 6) is -0.545. The fourth-order valence-electron chi connectivity index (χ4n) is 1.85. The highest BCUT2D eigenvalue weighted by Crippen LogP contribution is 2.33. The molecule has 3 N–H and O–H groups in total. The third kappa shape index (κ3) is 3.83. The number of aryl methyl sites for hydroxylation is 1. The average Bonchev–Trinajstić information content (AvgIpc) is 2.89. The molecular formula is C14H14F3N3OS. The minimum absolute atomic E-state index is 0.0799. The van der Waals surface area contributed by atoms with Gasteiger partial charge in [-0.3, -0.25) is 4.79 Å². The number of hydrogen-bond donors (Lipinski definition) is 2. The molecule has 0 spiro atoms. The standard InChI is InChI=1S/C14H14F3N3OS/c1-8-2-3-9(6-10(8)14(15,16)17)19-13(21)11-7-22-12(20-11)4-5-18/h2-3,6-7H,4-5,18H2,1H3,(H,19,21). The number of benzene rings is 1. The van der Waals surface area contributed by atoms with E-state index in [2.05, 4.69) is 10.3 Å². The number of nitrogens with zero attached hydrogens (tertiary/aromatic N) is 1. The Labute approximate surface area is 129 Å². The number of nitrogens with two attached hydrogens (primary N) is 1. The van der Waals surface area contributed by atoms with Crippen LogP contribution in [-0.4, -0.2) is 17.4 Å². The molecule has 0 unspecified atom stereocenters. The van der Waals surface area contributed by atoms with Crippen LogP contribution >= 0.6 is 11.3 Å². The molecule has 0 saturated heterocycles. The van der Waals surface area contributed by atoms with Crippen LogP contribution in [0.2, 0.25) is 0 Å². The third-order valence-corrected chi connectivity index (χ3v) is 3.85. The Balaban J connectivity index is 2.17. The Hall–Kier alpha value is -1.93. The van der Waals surface area contributed by atoms with Crippen LogP contribution in [0, 0.1) is 6.92 Å². The average molecular weight is 329 g/mol. The lowest BCUT2D eigenvalue weighted by molar-refractivity contribution is -0.138. The molecule has 0 aliphatic carbocycles. The number of rotatable bonds is 4. The number of alkyl halides is 3. The Morgan fingerprint density at radius 2 is 2.14 bits per heavy atom. The summed E-state index contributed by atoms with van der Waals surface area (Å²) in [6.07, 6.45) is -3.90. The van der Waals surface area contributed by atoms with Crippen molar-refractivity contribution in [1.82, 2.24) is 4.98 Å². The SMILES string of the molecule is Cc1ccc(NC(=O)c2csc(CCN)n2)cc1C(F)(F)F. The van der Waals surface area contributed by atoms with Gasteiger partial charge in [-0.15, -0.1) is 11.3 Å². The van der Waals surface area contributed by atoms with Gasteiger partial charge in [0.2, 0.25) is 0 Å². The molecule has 0 aliphatic heterocycles. The molecule has 118 valence electrons. The minimum Gasteiger partial charge on any atom is -0.330 e. The lowest BCUT2D eigenvalue weighted by Gasteiger charge is -2.12. The maximum Gasteiger partial charge on any atom is 0.416 e. The summed E-state index contributed by atoms with van der Waals surface area (Å²) in [5, 5.41) is 4.70. The van der Waals surface area contributed by atoms with Gasteiger partial charge in [-0.25, -0.2) is 4.98 Å². The Bertz CT molecular complexity index is 682. The second-order valence-corrected chi connectivity index (χ2v) is 5.59. The number of anilines is 1. The van der Waals surface area contributed by atoms with E-state index in [0.29, 0.717) is 18.0 Å². The fraction of sp³-hybridized carbons (Fsp3) is 0.286. The minimum atomic E-state index is -4.46. The van der Waals surface area contributed by atoms with E-state index in [1.807, 2.05) is 0 Å². The fourth-order valence-corrected chi connectivity index (χ4v) is 2.65. The summed E-state index contributed by atoms with van der Waals surface area (Å²) in [6.45, 7) is 1.79. The first-order valence-electron chi connectivity index (χ1n) is 6.45. The van der Waals surface area contributed by atoms with E-state index < -0.39 is 17.6 Å². The van der Waals surface area contributed by atoms with Crippen molar-refractivity contribution in [3.05, 3.63) is 45.4 Å². The molecule has 0 saturated carbocycles. The highest BCUT2D eigenvalue weighted by molar-refractivity contribution is 7.09. The third-order valence-electron chi connectivity index (χ3n) is 2.94. The van der Waals surface area contributed by atoms with Crippen molar-refractivity contribution >= 4 is 22.9 Å². The maximum absolute atomic E-state index is 12.8. The van der Waals surface area contributed by atoms with Crippen LogP contribution in [0.5, 0.6) is 0 Å². The predicted octanol–water partition coefficient (Wildman–Crippen LogP) is 3.22. The van der Waals surface area contributed by atoms with Gasteiger partial charge < -0.3 is 11.1 Å². The zero-order chi connectivity index (χ0) is 16.3. The molecule has 1 aromatic heterocycles. The van der Waals surface area contributed by atoms with Crippen LogP contribution in [0.1, 0.15) is 26.6 Å². The zero-order valence-electron chi connectivity index (χ0n) is 11.7. The molecule has 0 aliphatic rings. The molecule has 1 amide bonds. The topological polar surface area (TPSA) is 68.0 Å². The first kappa shape index (κ1) is 16.4. The van der Waals surface area contributed by atoms with Gasteiger partial charge in [0, 0.05) is 17.5 Å². The van der Waals surface area contributed by atoms with E-state index in [0.717, 1.165) is 6.07 Å². The molecule has 1 heterocycles. The number of carbonyl (C=O) groups excluding carboxylic acids is 1. The second-order valence-electron chi connectivity index (χ2n) is 4.65. The van der Waals surface area contributed by atoms with Crippen LogP contribution < -0.4 is 11.1 Å². The molecule has 0 bridgehead atoms. The predicted molar refractivity (Wildman–Crippen MR) is 79.0 cm³/mol. The smallest absolute Gasteiger partial charge is 0.330 e. The molecule has 22 heavy (non-hydrogen) atoms.